The van der Waals surface area contributed by atoms with Gasteiger partial charge in [-0.15, -0.1) is 0 Å². The Balaban J connectivity index is 1.54. The highest BCUT2D eigenvalue weighted by Gasteiger charge is 2.23. The molecular weight excluding hydrogens is 425 g/mol. The fourth-order valence-electron chi connectivity index (χ4n) is 3.96. The first kappa shape index (κ1) is 20.3. The summed E-state index contributed by atoms with van der Waals surface area (Å²) in [6.07, 6.45) is 1.51. The third kappa shape index (κ3) is 4.12. The van der Waals surface area contributed by atoms with Gasteiger partial charge in [-0.25, -0.2) is 14.4 Å². The predicted octanol–water partition coefficient (Wildman–Crippen LogP) is 5.88. The quantitative estimate of drug-likeness (QED) is 0.428. The first-order valence-corrected chi connectivity index (χ1v) is 10.7. The van der Waals surface area contributed by atoms with Crippen LogP contribution in [0.3, 0.4) is 0 Å². The number of amides is 1. The molecule has 32 heavy (non-hydrogen) atoms. The van der Waals surface area contributed by atoms with Crippen molar-refractivity contribution in [2.24, 2.45) is 0 Å². The van der Waals surface area contributed by atoms with Crippen LogP contribution in [0.4, 0.5) is 10.2 Å². The van der Waals surface area contributed by atoms with Crippen LogP contribution >= 0.6 is 11.6 Å². The Morgan fingerprint density at radius 3 is 2.50 bits per heavy atom. The van der Waals surface area contributed by atoms with Crippen molar-refractivity contribution < 1.29 is 9.18 Å². The van der Waals surface area contributed by atoms with E-state index >= 15 is 0 Å². The second-order valence-electron chi connectivity index (χ2n) is 7.74. The smallest absolute Gasteiger partial charge is 0.230 e. The van der Waals surface area contributed by atoms with E-state index in [-0.39, 0.29) is 18.1 Å². The second kappa shape index (κ2) is 8.52. The molecule has 0 aliphatic heterocycles. The average molecular weight is 444 g/mol. The SMILES string of the molecule is O=C(Cc1ccc(Cl)cc1)Nc1nc2c(nc1-c1ccccc1)-c1ccc(F)cc1CC2. The molecule has 1 amide bonds. The van der Waals surface area contributed by atoms with E-state index in [1.165, 1.54) is 6.07 Å². The van der Waals surface area contributed by atoms with Gasteiger partial charge in [-0.1, -0.05) is 54.1 Å². The van der Waals surface area contributed by atoms with E-state index in [2.05, 4.69) is 5.32 Å². The first-order valence-electron chi connectivity index (χ1n) is 10.4. The van der Waals surface area contributed by atoms with Gasteiger partial charge in [0.05, 0.1) is 17.8 Å². The number of halogens is 2. The molecule has 1 N–H and O–H groups in total. The van der Waals surface area contributed by atoms with Crippen LogP contribution in [0.2, 0.25) is 5.02 Å². The lowest BCUT2D eigenvalue weighted by atomic mass is 9.91. The van der Waals surface area contributed by atoms with Gasteiger partial charge in [0.15, 0.2) is 5.82 Å². The maximum absolute atomic E-state index is 13.7. The number of benzene rings is 3. The number of nitrogens with one attached hydrogen (secondary N) is 1. The number of nitrogens with zero attached hydrogens (tertiary/aromatic N) is 2. The molecule has 4 nitrogen and oxygen atoms in total. The van der Waals surface area contributed by atoms with Crippen molar-refractivity contribution in [2.75, 3.05) is 5.32 Å². The highest BCUT2D eigenvalue weighted by Crippen LogP contribution is 2.36. The Bertz CT molecular complexity index is 1310. The average Bonchev–Trinajstić information content (AvgIpc) is 2.80. The summed E-state index contributed by atoms with van der Waals surface area (Å²) in [5.41, 5.74) is 5.63. The number of aryl methyl sites for hydroxylation is 2. The summed E-state index contributed by atoms with van der Waals surface area (Å²) in [5, 5.41) is 3.58. The van der Waals surface area contributed by atoms with Gasteiger partial charge in [-0.3, -0.25) is 4.79 Å². The molecule has 0 fully saturated rings. The van der Waals surface area contributed by atoms with Crippen molar-refractivity contribution in [3.05, 3.63) is 100 Å². The minimum Gasteiger partial charge on any atom is -0.309 e. The molecule has 5 rings (SSSR count). The number of carbonyl (C=O) groups is 1. The van der Waals surface area contributed by atoms with Crippen molar-refractivity contribution in [1.29, 1.82) is 0 Å². The monoisotopic (exact) mass is 443 g/mol. The molecule has 1 aromatic heterocycles. The molecule has 3 aromatic carbocycles. The molecule has 0 radical (unpaired) electrons. The highest BCUT2D eigenvalue weighted by atomic mass is 35.5. The number of hydrogen-bond acceptors (Lipinski definition) is 3. The lowest BCUT2D eigenvalue weighted by molar-refractivity contribution is -0.115. The number of anilines is 1. The van der Waals surface area contributed by atoms with Gasteiger partial charge in [-0.2, -0.15) is 0 Å². The summed E-state index contributed by atoms with van der Waals surface area (Å²) >= 11 is 5.94. The van der Waals surface area contributed by atoms with Crippen LogP contribution in [0.15, 0.2) is 72.8 Å². The zero-order valence-electron chi connectivity index (χ0n) is 17.1. The molecule has 1 aliphatic rings. The van der Waals surface area contributed by atoms with Crippen LogP contribution in [-0.4, -0.2) is 15.9 Å². The third-order valence-corrected chi connectivity index (χ3v) is 5.76. The van der Waals surface area contributed by atoms with Gasteiger partial charge >= 0.3 is 0 Å². The van der Waals surface area contributed by atoms with Crippen molar-refractivity contribution >= 4 is 23.3 Å². The van der Waals surface area contributed by atoms with Gasteiger partial charge in [0.1, 0.15) is 11.5 Å². The second-order valence-corrected chi connectivity index (χ2v) is 8.17. The Hall–Kier alpha value is -3.57. The molecule has 1 aliphatic carbocycles. The van der Waals surface area contributed by atoms with Crippen molar-refractivity contribution in [3.8, 4) is 22.5 Å². The summed E-state index contributed by atoms with van der Waals surface area (Å²) in [4.78, 5) is 22.5. The number of rotatable bonds is 4. The molecule has 158 valence electrons. The van der Waals surface area contributed by atoms with Gasteiger partial charge in [0, 0.05) is 16.1 Å². The van der Waals surface area contributed by atoms with Crippen LogP contribution in [0, 0.1) is 5.82 Å². The molecule has 0 atom stereocenters. The normalized spacial score (nSPS) is 12.1. The molecule has 1 heterocycles. The summed E-state index contributed by atoms with van der Waals surface area (Å²) in [6, 6.07) is 21.6. The first-order chi connectivity index (χ1) is 15.6. The number of aromatic nitrogens is 2. The number of fused-ring (bicyclic) bond motifs is 3. The van der Waals surface area contributed by atoms with E-state index in [9.17, 15) is 9.18 Å². The van der Waals surface area contributed by atoms with E-state index < -0.39 is 0 Å². The predicted molar refractivity (Wildman–Crippen MR) is 124 cm³/mol. The van der Waals surface area contributed by atoms with Crippen molar-refractivity contribution in [2.45, 2.75) is 19.3 Å². The van der Waals surface area contributed by atoms with Crippen LogP contribution in [0.1, 0.15) is 16.8 Å². The zero-order chi connectivity index (χ0) is 22.1. The maximum atomic E-state index is 13.7. The molecule has 0 saturated heterocycles. The third-order valence-electron chi connectivity index (χ3n) is 5.50. The van der Waals surface area contributed by atoms with Crippen molar-refractivity contribution in [3.63, 3.8) is 0 Å². The Morgan fingerprint density at radius 1 is 0.938 bits per heavy atom. The largest absolute Gasteiger partial charge is 0.309 e. The highest BCUT2D eigenvalue weighted by molar-refractivity contribution is 6.30. The molecule has 0 unspecified atom stereocenters. The molecule has 0 spiro atoms. The Kier molecular flexibility index (Phi) is 5.41. The summed E-state index contributed by atoms with van der Waals surface area (Å²) in [5.74, 6) is -0.00830. The van der Waals surface area contributed by atoms with Crippen molar-refractivity contribution in [1.82, 2.24) is 9.97 Å². The summed E-state index contributed by atoms with van der Waals surface area (Å²) in [7, 11) is 0. The minimum absolute atomic E-state index is 0.183. The van der Waals surface area contributed by atoms with Gasteiger partial charge in [-0.05, 0) is 54.3 Å². The van der Waals surface area contributed by atoms with Crippen LogP contribution in [-0.2, 0) is 24.1 Å². The lowest BCUT2D eigenvalue weighted by Crippen LogP contribution is -2.19. The van der Waals surface area contributed by atoms with Gasteiger partial charge in [0.25, 0.3) is 0 Å². The van der Waals surface area contributed by atoms with Gasteiger partial charge < -0.3 is 5.32 Å². The fourth-order valence-corrected chi connectivity index (χ4v) is 4.09. The zero-order valence-corrected chi connectivity index (χ0v) is 17.9. The Labute approximate surface area is 190 Å². The fraction of sp³-hybridized carbons (Fsp3) is 0.115. The van der Waals surface area contributed by atoms with Crippen LogP contribution in [0.5, 0.6) is 0 Å². The molecular formula is C26H19ClFN3O. The number of hydrogen-bond donors (Lipinski definition) is 1. The van der Waals surface area contributed by atoms with Gasteiger partial charge in [0.2, 0.25) is 5.91 Å². The summed E-state index contributed by atoms with van der Waals surface area (Å²) < 4.78 is 13.7. The van der Waals surface area contributed by atoms with Crippen LogP contribution < -0.4 is 5.32 Å². The van der Waals surface area contributed by atoms with E-state index in [1.807, 2.05) is 42.5 Å². The van der Waals surface area contributed by atoms with E-state index in [0.717, 1.165) is 33.6 Å². The minimum atomic E-state index is -0.255. The maximum Gasteiger partial charge on any atom is 0.230 e. The van der Waals surface area contributed by atoms with E-state index in [1.54, 1.807) is 24.3 Å². The topological polar surface area (TPSA) is 54.9 Å². The molecule has 6 heteroatoms. The molecule has 0 saturated carbocycles. The van der Waals surface area contributed by atoms with E-state index in [4.69, 9.17) is 21.6 Å². The van der Waals surface area contributed by atoms with Crippen LogP contribution in [0.25, 0.3) is 22.5 Å². The molecule has 4 aromatic rings. The Morgan fingerprint density at radius 2 is 1.72 bits per heavy atom. The summed E-state index contributed by atoms with van der Waals surface area (Å²) in [6.45, 7) is 0. The molecule has 0 bridgehead atoms. The van der Waals surface area contributed by atoms with E-state index in [0.29, 0.717) is 29.4 Å². The standard InChI is InChI=1S/C26H19ClFN3O/c27-19-9-6-16(7-10-19)14-23(32)30-26-24(17-4-2-1-3-5-17)31-25-21-12-11-20(28)15-18(21)8-13-22(25)29-26/h1-7,9-12,15H,8,13-14H2,(H,29,30,32). The lowest BCUT2D eigenvalue weighted by Gasteiger charge is -2.21. The number of carbonyl (C=O) groups excluding carboxylic acids is 1.